The third-order valence-corrected chi connectivity index (χ3v) is 7.02. The molecule has 5 nitrogen and oxygen atoms in total. The topological polar surface area (TPSA) is 94.8 Å². The molecule has 0 aromatic rings. The van der Waals surface area contributed by atoms with Crippen LogP contribution in [0.4, 0.5) is 0 Å². The summed E-state index contributed by atoms with van der Waals surface area (Å²) in [5, 5.41) is 30.3. The minimum Gasteiger partial charge on any atom is -0.393 e. The van der Waals surface area contributed by atoms with Gasteiger partial charge in [-0.15, -0.1) is 0 Å². The van der Waals surface area contributed by atoms with E-state index in [-0.39, 0.29) is 12.8 Å². The van der Waals surface area contributed by atoms with Gasteiger partial charge in [-0.3, -0.25) is 9.59 Å². The van der Waals surface area contributed by atoms with Gasteiger partial charge in [0.15, 0.2) is 23.3 Å². The summed E-state index contributed by atoms with van der Waals surface area (Å²) in [7, 11) is 0. The van der Waals surface area contributed by atoms with Gasteiger partial charge in [-0.1, -0.05) is 129 Å². The van der Waals surface area contributed by atoms with E-state index in [1.54, 1.807) is 0 Å². The Bertz CT molecular complexity index is 493. The average molecular weight is 485 g/mol. The SMILES string of the molecule is CCCCCCCCCCCCCCCCCC(=O)C(O)(CO)C(O)C(=O)CCCCCCC. The first-order valence-electron chi connectivity index (χ1n) is 14.5. The number of carbonyl (C=O) groups is 2. The summed E-state index contributed by atoms with van der Waals surface area (Å²) >= 11 is 0. The van der Waals surface area contributed by atoms with Crippen LogP contribution >= 0.6 is 0 Å². The monoisotopic (exact) mass is 484 g/mol. The summed E-state index contributed by atoms with van der Waals surface area (Å²) in [5.74, 6) is -1.19. The standard InChI is InChI=1S/C29H56O5/c1-3-5-7-9-10-11-12-13-14-15-16-17-18-20-22-24-27(32)29(34,25-30)28(33)26(31)23-21-19-8-6-4-2/h28,30,33-34H,3-25H2,1-2H3. The number of ketones is 2. The third-order valence-electron chi connectivity index (χ3n) is 7.02. The van der Waals surface area contributed by atoms with Crippen LogP contribution in [0.1, 0.15) is 155 Å². The first-order chi connectivity index (χ1) is 16.4. The molecule has 5 heteroatoms. The molecule has 0 aliphatic heterocycles. The lowest BCUT2D eigenvalue weighted by Gasteiger charge is -2.29. The lowest BCUT2D eigenvalue weighted by Crippen LogP contribution is -2.55. The zero-order chi connectivity index (χ0) is 25.5. The van der Waals surface area contributed by atoms with Crippen LogP contribution in [0.2, 0.25) is 0 Å². The molecular formula is C29H56O5. The number of unbranched alkanes of at least 4 members (excludes halogenated alkanes) is 18. The van der Waals surface area contributed by atoms with Crippen molar-refractivity contribution in [2.24, 2.45) is 0 Å². The molecule has 0 rings (SSSR count). The van der Waals surface area contributed by atoms with Crippen LogP contribution in [-0.2, 0) is 9.59 Å². The molecule has 0 aromatic carbocycles. The number of rotatable bonds is 26. The maximum Gasteiger partial charge on any atom is 0.178 e. The van der Waals surface area contributed by atoms with Crippen molar-refractivity contribution in [2.75, 3.05) is 6.61 Å². The highest BCUT2D eigenvalue weighted by atomic mass is 16.4. The molecule has 0 saturated heterocycles. The van der Waals surface area contributed by atoms with E-state index in [9.17, 15) is 24.9 Å². The molecule has 3 N–H and O–H groups in total. The normalized spacial score (nSPS) is 14.1. The van der Waals surface area contributed by atoms with Crippen molar-refractivity contribution in [1.29, 1.82) is 0 Å². The number of aliphatic hydroxyl groups is 3. The Morgan fingerprint density at radius 3 is 1.26 bits per heavy atom. The lowest BCUT2D eigenvalue weighted by atomic mass is 9.85. The molecular weight excluding hydrogens is 428 g/mol. The van der Waals surface area contributed by atoms with Crippen LogP contribution in [0, 0.1) is 0 Å². The van der Waals surface area contributed by atoms with Crippen LogP contribution in [0.3, 0.4) is 0 Å². The van der Waals surface area contributed by atoms with Crippen molar-refractivity contribution in [1.82, 2.24) is 0 Å². The van der Waals surface area contributed by atoms with Crippen molar-refractivity contribution < 1.29 is 24.9 Å². The summed E-state index contributed by atoms with van der Waals surface area (Å²) in [5.41, 5.74) is -2.36. The highest BCUT2D eigenvalue weighted by Crippen LogP contribution is 2.20. The molecule has 0 amide bonds. The number of Topliss-reactive ketones (excluding diaryl/α,β-unsaturated/α-hetero) is 2. The van der Waals surface area contributed by atoms with Gasteiger partial charge in [0.2, 0.25) is 0 Å². The molecule has 0 aliphatic rings. The number of hydrogen-bond acceptors (Lipinski definition) is 5. The van der Waals surface area contributed by atoms with Crippen LogP contribution < -0.4 is 0 Å². The van der Waals surface area contributed by atoms with Gasteiger partial charge in [-0.25, -0.2) is 0 Å². The predicted molar refractivity (Wildman–Crippen MR) is 141 cm³/mol. The molecule has 202 valence electrons. The van der Waals surface area contributed by atoms with Crippen molar-refractivity contribution in [3.05, 3.63) is 0 Å². The first-order valence-corrected chi connectivity index (χ1v) is 14.5. The largest absolute Gasteiger partial charge is 0.393 e. The van der Waals surface area contributed by atoms with Gasteiger partial charge in [0.05, 0.1) is 6.61 Å². The van der Waals surface area contributed by atoms with Gasteiger partial charge in [0, 0.05) is 12.8 Å². The quantitative estimate of drug-likeness (QED) is 0.117. The zero-order valence-corrected chi connectivity index (χ0v) is 22.5. The summed E-state index contributed by atoms with van der Waals surface area (Å²) in [6.07, 6.45) is 21.5. The molecule has 0 aromatic heterocycles. The zero-order valence-electron chi connectivity index (χ0n) is 22.5. The fourth-order valence-corrected chi connectivity index (χ4v) is 4.51. The van der Waals surface area contributed by atoms with Crippen LogP contribution in [0.15, 0.2) is 0 Å². The van der Waals surface area contributed by atoms with Crippen molar-refractivity contribution in [3.63, 3.8) is 0 Å². The maximum absolute atomic E-state index is 12.5. The minimum atomic E-state index is -2.36. The van der Waals surface area contributed by atoms with Crippen molar-refractivity contribution in [3.8, 4) is 0 Å². The van der Waals surface area contributed by atoms with Crippen LogP contribution in [0.5, 0.6) is 0 Å². The van der Waals surface area contributed by atoms with Gasteiger partial charge >= 0.3 is 0 Å². The molecule has 0 heterocycles. The van der Waals surface area contributed by atoms with E-state index in [0.29, 0.717) is 12.8 Å². The smallest absolute Gasteiger partial charge is 0.178 e. The molecule has 0 radical (unpaired) electrons. The second-order valence-corrected chi connectivity index (χ2v) is 10.2. The van der Waals surface area contributed by atoms with E-state index >= 15 is 0 Å². The van der Waals surface area contributed by atoms with E-state index in [2.05, 4.69) is 13.8 Å². The van der Waals surface area contributed by atoms with Gasteiger partial charge < -0.3 is 15.3 Å². The number of hydrogen-bond donors (Lipinski definition) is 3. The predicted octanol–water partition coefficient (Wildman–Crippen LogP) is 6.83. The second-order valence-electron chi connectivity index (χ2n) is 10.2. The third kappa shape index (κ3) is 16.0. The number of aliphatic hydroxyl groups excluding tert-OH is 2. The van der Waals surface area contributed by atoms with Gasteiger partial charge in [-0.2, -0.15) is 0 Å². The molecule has 2 atom stereocenters. The van der Waals surface area contributed by atoms with E-state index in [4.69, 9.17) is 0 Å². The van der Waals surface area contributed by atoms with Gasteiger partial charge in [-0.05, 0) is 12.8 Å². The molecule has 0 bridgehead atoms. The highest BCUT2D eigenvalue weighted by molar-refractivity contribution is 5.96. The van der Waals surface area contributed by atoms with E-state index in [1.165, 1.54) is 70.6 Å². The number of carbonyl (C=O) groups excluding carboxylic acids is 2. The van der Waals surface area contributed by atoms with E-state index < -0.39 is 29.9 Å². The molecule has 0 saturated carbocycles. The van der Waals surface area contributed by atoms with Gasteiger partial charge in [0.25, 0.3) is 0 Å². The fourth-order valence-electron chi connectivity index (χ4n) is 4.51. The van der Waals surface area contributed by atoms with Crippen LogP contribution in [-0.4, -0.2) is 45.2 Å². The Kier molecular flexibility index (Phi) is 22.1. The summed E-state index contributed by atoms with van der Waals surface area (Å²) in [4.78, 5) is 24.7. The molecule has 0 fully saturated rings. The summed E-state index contributed by atoms with van der Waals surface area (Å²) < 4.78 is 0. The lowest BCUT2D eigenvalue weighted by molar-refractivity contribution is -0.165. The molecule has 2 unspecified atom stereocenters. The second kappa shape index (κ2) is 22.7. The van der Waals surface area contributed by atoms with Crippen molar-refractivity contribution >= 4 is 11.6 Å². The van der Waals surface area contributed by atoms with Crippen LogP contribution in [0.25, 0.3) is 0 Å². The Morgan fingerprint density at radius 1 is 0.588 bits per heavy atom. The Labute approximate surface area is 210 Å². The minimum absolute atomic E-state index is 0.0795. The van der Waals surface area contributed by atoms with Crippen molar-refractivity contribution in [2.45, 2.75) is 167 Å². The Balaban J connectivity index is 3.85. The Hall–Kier alpha value is -0.780. The maximum atomic E-state index is 12.5. The average Bonchev–Trinajstić information content (AvgIpc) is 2.84. The Morgan fingerprint density at radius 2 is 0.912 bits per heavy atom. The summed E-state index contributed by atoms with van der Waals surface area (Å²) in [6.45, 7) is 3.44. The highest BCUT2D eigenvalue weighted by Gasteiger charge is 2.45. The fraction of sp³-hybridized carbons (Fsp3) is 0.931. The molecule has 34 heavy (non-hydrogen) atoms. The van der Waals surface area contributed by atoms with E-state index in [0.717, 1.165) is 44.9 Å². The first kappa shape index (κ1) is 33.2. The van der Waals surface area contributed by atoms with E-state index in [1.807, 2.05) is 0 Å². The molecule has 0 spiro atoms. The van der Waals surface area contributed by atoms with Gasteiger partial charge in [0.1, 0.15) is 0 Å². The summed E-state index contributed by atoms with van der Waals surface area (Å²) in [6, 6.07) is 0. The molecule has 0 aliphatic carbocycles.